The van der Waals surface area contributed by atoms with Crippen LogP contribution in [0, 0.1) is 0 Å². The Morgan fingerprint density at radius 2 is 1.69 bits per heavy atom. The molecular weight excluding hydrogens is 379 g/mol. The zero-order chi connectivity index (χ0) is 19.3. The number of hydrogen-bond donors (Lipinski definition) is 3. The van der Waals surface area contributed by atoms with E-state index in [-0.39, 0.29) is 17.9 Å². The summed E-state index contributed by atoms with van der Waals surface area (Å²) in [6.45, 7) is 1.35. The van der Waals surface area contributed by atoms with Gasteiger partial charge < -0.3 is 15.7 Å². The molecule has 0 fully saturated rings. The summed E-state index contributed by atoms with van der Waals surface area (Å²) in [6, 6.07) is 9.80. The van der Waals surface area contributed by atoms with E-state index in [0.717, 1.165) is 0 Å². The molecule has 26 heavy (non-hydrogen) atoms. The second-order valence-corrected chi connectivity index (χ2v) is 6.35. The Bertz CT molecular complexity index is 835. The van der Waals surface area contributed by atoms with Crippen molar-refractivity contribution < 1.29 is 19.5 Å². The number of anilines is 1. The lowest BCUT2D eigenvalue weighted by atomic mass is 10.0. The molecule has 2 aromatic carbocycles. The van der Waals surface area contributed by atoms with E-state index in [2.05, 4.69) is 10.6 Å². The second kappa shape index (κ2) is 8.69. The van der Waals surface area contributed by atoms with Crippen molar-refractivity contribution in [1.29, 1.82) is 0 Å². The van der Waals surface area contributed by atoms with Gasteiger partial charge in [-0.05, 0) is 35.9 Å². The summed E-state index contributed by atoms with van der Waals surface area (Å²) in [5.41, 5.74) is 1.09. The van der Waals surface area contributed by atoms with Gasteiger partial charge in [0.05, 0.1) is 0 Å². The van der Waals surface area contributed by atoms with Crippen LogP contribution in [0.25, 0.3) is 0 Å². The fraction of sp³-hybridized carbons (Fsp3) is 0.167. The molecule has 3 N–H and O–H groups in total. The van der Waals surface area contributed by atoms with Crippen LogP contribution in [0.2, 0.25) is 10.0 Å². The number of hydrogen-bond acceptors (Lipinski definition) is 3. The highest BCUT2D eigenvalue weighted by Gasteiger charge is 2.23. The molecule has 0 saturated heterocycles. The van der Waals surface area contributed by atoms with Crippen molar-refractivity contribution in [2.24, 2.45) is 0 Å². The number of aliphatic carboxylic acids is 1. The standard InChI is InChI=1S/C18H16Cl2N2O4/c1-10(23)21-12-5-2-4-11(8-12)17(24)22-16(18(25)26)9-13-14(19)6-3-7-15(13)20/h2-8,16H,9H2,1H3,(H,21,23)(H,22,24)(H,25,26)/t16-/m1/s1. The van der Waals surface area contributed by atoms with E-state index in [1.807, 2.05) is 0 Å². The van der Waals surface area contributed by atoms with Gasteiger partial charge >= 0.3 is 5.97 Å². The third-order valence-electron chi connectivity index (χ3n) is 3.52. The molecule has 0 spiro atoms. The Labute approximate surface area is 160 Å². The van der Waals surface area contributed by atoms with E-state index in [9.17, 15) is 19.5 Å². The van der Waals surface area contributed by atoms with E-state index >= 15 is 0 Å². The fourth-order valence-electron chi connectivity index (χ4n) is 2.31. The van der Waals surface area contributed by atoms with E-state index in [1.165, 1.54) is 19.1 Å². The van der Waals surface area contributed by atoms with Crippen molar-refractivity contribution in [3.05, 3.63) is 63.6 Å². The first-order chi connectivity index (χ1) is 12.3. The number of halogens is 2. The number of carbonyl (C=O) groups excluding carboxylic acids is 2. The van der Waals surface area contributed by atoms with E-state index in [4.69, 9.17) is 23.2 Å². The third kappa shape index (κ3) is 5.21. The lowest BCUT2D eigenvalue weighted by Gasteiger charge is -2.16. The summed E-state index contributed by atoms with van der Waals surface area (Å²) in [5.74, 6) is -2.08. The second-order valence-electron chi connectivity index (χ2n) is 5.53. The van der Waals surface area contributed by atoms with Gasteiger partial charge in [0.15, 0.2) is 0 Å². The van der Waals surface area contributed by atoms with Crippen LogP contribution < -0.4 is 10.6 Å². The van der Waals surface area contributed by atoms with Crippen LogP contribution in [0.3, 0.4) is 0 Å². The first-order valence-electron chi connectivity index (χ1n) is 7.62. The number of carbonyl (C=O) groups is 3. The lowest BCUT2D eigenvalue weighted by molar-refractivity contribution is -0.139. The Morgan fingerprint density at radius 1 is 1.08 bits per heavy atom. The Balaban J connectivity index is 2.18. The fourth-order valence-corrected chi connectivity index (χ4v) is 2.87. The van der Waals surface area contributed by atoms with Crippen molar-refractivity contribution in [1.82, 2.24) is 5.32 Å². The molecule has 0 radical (unpaired) electrons. The Kier molecular flexibility index (Phi) is 6.60. The summed E-state index contributed by atoms with van der Waals surface area (Å²) >= 11 is 12.1. The van der Waals surface area contributed by atoms with E-state index in [1.54, 1.807) is 30.3 Å². The number of carboxylic acids is 1. The van der Waals surface area contributed by atoms with Crippen molar-refractivity contribution in [3.8, 4) is 0 Å². The highest BCUT2D eigenvalue weighted by Crippen LogP contribution is 2.25. The van der Waals surface area contributed by atoms with Crippen LogP contribution >= 0.6 is 23.2 Å². The first kappa shape index (κ1) is 19.8. The first-order valence-corrected chi connectivity index (χ1v) is 8.37. The molecule has 6 nitrogen and oxygen atoms in total. The quantitative estimate of drug-likeness (QED) is 0.699. The monoisotopic (exact) mass is 394 g/mol. The zero-order valence-electron chi connectivity index (χ0n) is 13.8. The molecule has 2 rings (SSSR count). The van der Waals surface area contributed by atoms with Gasteiger partial charge in [-0.3, -0.25) is 9.59 Å². The molecule has 0 aromatic heterocycles. The molecule has 0 bridgehead atoms. The summed E-state index contributed by atoms with van der Waals surface area (Å²) in [5, 5.41) is 15.1. The predicted octanol–water partition coefficient (Wildman–Crippen LogP) is 3.38. The topological polar surface area (TPSA) is 95.5 Å². The van der Waals surface area contributed by atoms with Gasteiger partial charge in [0.2, 0.25) is 5.91 Å². The van der Waals surface area contributed by atoms with Crippen LogP contribution in [0.5, 0.6) is 0 Å². The van der Waals surface area contributed by atoms with E-state index in [0.29, 0.717) is 21.3 Å². The molecule has 1 atom stereocenters. The van der Waals surface area contributed by atoms with Crippen molar-refractivity contribution >= 4 is 46.7 Å². The molecule has 0 aliphatic rings. The van der Waals surface area contributed by atoms with Crippen LogP contribution in [0.4, 0.5) is 5.69 Å². The molecule has 2 aromatic rings. The normalized spacial score (nSPS) is 11.5. The molecule has 8 heteroatoms. The number of benzene rings is 2. The number of nitrogens with one attached hydrogen (secondary N) is 2. The number of amides is 2. The Morgan fingerprint density at radius 3 is 2.27 bits per heavy atom. The van der Waals surface area contributed by atoms with Crippen molar-refractivity contribution in [2.75, 3.05) is 5.32 Å². The van der Waals surface area contributed by atoms with Crippen LogP contribution in [0.1, 0.15) is 22.8 Å². The maximum atomic E-state index is 12.4. The predicted molar refractivity (Wildman–Crippen MR) is 99.8 cm³/mol. The zero-order valence-corrected chi connectivity index (χ0v) is 15.3. The third-order valence-corrected chi connectivity index (χ3v) is 4.23. The molecule has 0 unspecified atom stereocenters. The molecule has 2 amide bonds. The lowest BCUT2D eigenvalue weighted by Crippen LogP contribution is -2.42. The minimum atomic E-state index is -1.22. The SMILES string of the molecule is CC(=O)Nc1cccc(C(=O)N[C@H](Cc2c(Cl)cccc2Cl)C(=O)O)c1. The van der Waals surface area contributed by atoms with Gasteiger partial charge in [-0.15, -0.1) is 0 Å². The highest BCUT2D eigenvalue weighted by atomic mass is 35.5. The molecule has 0 heterocycles. The largest absolute Gasteiger partial charge is 0.480 e. The molecule has 0 saturated carbocycles. The van der Waals surface area contributed by atoms with Crippen molar-refractivity contribution in [2.45, 2.75) is 19.4 Å². The molecule has 0 aliphatic heterocycles. The van der Waals surface area contributed by atoms with Gasteiger partial charge in [-0.1, -0.05) is 35.3 Å². The molecular formula is C18H16Cl2N2O4. The van der Waals surface area contributed by atoms with Crippen LogP contribution in [-0.2, 0) is 16.0 Å². The van der Waals surface area contributed by atoms with Gasteiger partial charge in [0.1, 0.15) is 6.04 Å². The number of rotatable bonds is 6. The van der Waals surface area contributed by atoms with Crippen molar-refractivity contribution in [3.63, 3.8) is 0 Å². The minimum Gasteiger partial charge on any atom is -0.480 e. The van der Waals surface area contributed by atoms with Crippen LogP contribution in [0.15, 0.2) is 42.5 Å². The smallest absolute Gasteiger partial charge is 0.326 e. The highest BCUT2D eigenvalue weighted by molar-refractivity contribution is 6.36. The summed E-state index contributed by atoms with van der Waals surface area (Å²) < 4.78 is 0. The van der Waals surface area contributed by atoms with Gasteiger partial charge in [0, 0.05) is 34.6 Å². The van der Waals surface area contributed by atoms with Gasteiger partial charge in [-0.2, -0.15) is 0 Å². The average molecular weight is 395 g/mol. The van der Waals surface area contributed by atoms with Gasteiger partial charge in [0.25, 0.3) is 5.91 Å². The maximum Gasteiger partial charge on any atom is 0.326 e. The average Bonchev–Trinajstić information content (AvgIpc) is 2.56. The van der Waals surface area contributed by atoms with E-state index < -0.39 is 17.9 Å². The summed E-state index contributed by atoms with van der Waals surface area (Å²) in [4.78, 5) is 35.1. The summed E-state index contributed by atoms with van der Waals surface area (Å²) in [7, 11) is 0. The molecule has 136 valence electrons. The summed E-state index contributed by atoms with van der Waals surface area (Å²) in [6.07, 6.45) is -0.0645. The minimum absolute atomic E-state index is 0.0645. The molecule has 0 aliphatic carbocycles. The Hall–Kier alpha value is -2.57. The number of carboxylic acid groups (broad SMARTS) is 1. The maximum absolute atomic E-state index is 12.4. The van der Waals surface area contributed by atoms with Crippen LogP contribution in [-0.4, -0.2) is 28.9 Å². The van der Waals surface area contributed by atoms with Gasteiger partial charge in [-0.25, -0.2) is 4.79 Å².